The molecule has 0 bridgehead atoms. The first-order chi connectivity index (χ1) is 11.1. The molecule has 1 aromatic carbocycles. The summed E-state index contributed by atoms with van der Waals surface area (Å²) in [6, 6.07) is 8.54. The predicted octanol–water partition coefficient (Wildman–Crippen LogP) is 5.06. The van der Waals surface area contributed by atoms with Crippen LogP contribution in [0.25, 0.3) is 5.70 Å². The third kappa shape index (κ3) is 2.75. The summed E-state index contributed by atoms with van der Waals surface area (Å²) in [6.07, 6.45) is 3.43. The SMILES string of the molecule is Fc1ccc(Br)cc1[C@H]1C=C(c2ccc(Br)s2)Nc2ncnn21. The van der Waals surface area contributed by atoms with E-state index in [4.69, 9.17) is 0 Å². The molecule has 4 nitrogen and oxygen atoms in total. The molecular weight excluding hydrogens is 447 g/mol. The highest BCUT2D eigenvalue weighted by atomic mass is 79.9. The van der Waals surface area contributed by atoms with Crippen LogP contribution in [0.1, 0.15) is 16.5 Å². The van der Waals surface area contributed by atoms with E-state index in [0.717, 1.165) is 18.8 Å². The third-order valence-corrected chi connectivity index (χ3v) is 5.67. The molecule has 3 aromatic rings. The number of anilines is 1. The second kappa shape index (κ2) is 5.85. The first-order valence-corrected chi connectivity index (χ1v) is 9.11. The molecule has 1 aliphatic rings. The number of hydrogen-bond acceptors (Lipinski definition) is 4. The largest absolute Gasteiger partial charge is 0.323 e. The van der Waals surface area contributed by atoms with Gasteiger partial charge in [0.15, 0.2) is 0 Å². The van der Waals surface area contributed by atoms with Crippen molar-refractivity contribution in [2.24, 2.45) is 0 Å². The van der Waals surface area contributed by atoms with Gasteiger partial charge in [-0.1, -0.05) is 15.9 Å². The fourth-order valence-corrected chi connectivity index (χ4v) is 4.24. The molecule has 1 N–H and O–H groups in total. The van der Waals surface area contributed by atoms with Crippen LogP contribution < -0.4 is 5.32 Å². The lowest BCUT2D eigenvalue weighted by Crippen LogP contribution is -2.20. The number of rotatable bonds is 2. The van der Waals surface area contributed by atoms with Gasteiger partial charge in [-0.15, -0.1) is 11.3 Å². The van der Waals surface area contributed by atoms with Gasteiger partial charge in [-0.05, 0) is 52.3 Å². The summed E-state index contributed by atoms with van der Waals surface area (Å²) in [5.74, 6) is 0.320. The molecule has 8 heteroatoms. The molecule has 0 aliphatic carbocycles. The second-order valence-electron chi connectivity index (χ2n) is 4.95. The summed E-state index contributed by atoms with van der Waals surface area (Å²) >= 11 is 8.47. The quantitative estimate of drug-likeness (QED) is 0.587. The van der Waals surface area contributed by atoms with Crippen molar-refractivity contribution < 1.29 is 4.39 Å². The predicted molar refractivity (Wildman–Crippen MR) is 95.9 cm³/mol. The van der Waals surface area contributed by atoms with Gasteiger partial charge in [0.2, 0.25) is 5.95 Å². The monoisotopic (exact) mass is 454 g/mol. The van der Waals surface area contributed by atoms with E-state index in [0.29, 0.717) is 11.5 Å². The Morgan fingerprint density at radius 2 is 2.09 bits per heavy atom. The van der Waals surface area contributed by atoms with E-state index in [-0.39, 0.29) is 11.9 Å². The zero-order valence-electron chi connectivity index (χ0n) is 11.5. The van der Waals surface area contributed by atoms with Crippen molar-refractivity contribution in [1.29, 1.82) is 0 Å². The van der Waals surface area contributed by atoms with Gasteiger partial charge < -0.3 is 5.32 Å². The Hall–Kier alpha value is -1.51. The van der Waals surface area contributed by atoms with Crippen molar-refractivity contribution in [3.8, 4) is 0 Å². The summed E-state index contributed by atoms with van der Waals surface area (Å²) in [4.78, 5) is 5.27. The summed E-state index contributed by atoms with van der Waals surface area (Å²) in [5.41, 5.74) is 1.44. The summed E-state index contributed by atoms with van der Waals surface area (Å²) in [7, 11) is 0. The summed E-state index contributed by atoms with van der Waals surface area (Å²) < 4.78 is 17.9. The maximum absolute atomic E-state index is 14.4. The van der Waals surface area contributed by atoms with E-state index in [9.17, 15) is 4.39 Å². The van der Waals surface area contributed by atoms with Crippen LogP contribution in [0.4, 0.5) is 10.3 Å². The van der Waals surface area contributed by atoms with Crippen LogP contribution in [0.15, 0.2) is 51.0 Å². The maximum Gasteiger partial charge on any atom is 0.226 e. The van der Waals surface area contributed by atoms with E-state index in [1.54, 1.807) is 28.2 Å². The van der Waals surface area contributed by atoms with Gasteiger partial charge in [-0.3, -0.25) is 0 Å². The minimum atomic E-state index is -0.359. The molecular formula is C15H9Br2FN4S. The highest BCUT2D eigenvalue weighted by Crippen LogP contribution is 2.36. The number of aromatic nitrogens is 3. The second-order valence-corrected chi connectivity index (χ2v) is 8.33. The first-order valence-electron chi connectivity index (χ1n) is 6.71. The number of halogens is 3. The molecule has 1 atom stereocenters. The third-order valence-electron chi connectivity index (χ3n) is 3.52. The number of thiophene rings is 1. The van der Waals surface area contributed by atoms with Crippen LogP contribution in [0, 0.1) is 5.82 Å². The molecule has 23 heavy (non-hydrogen) atoms. The minimum absolute atomic E-state index is 0.274. The van der Waals surface area contributed by atoms with Gasteiger partial charge in [-0.2, -0.15) is 10.1 Å². The Balaban J connectivity index is 1.86. The van der Waals surface area contributed by atoms with E-state index >= 15 is 0 Å². The van der Waals surface area contributed by atoms with Crippen LogP contribution >= 0.6 is 43.2 Å². The lowest BCUT2D eigenvalue weighted by Gasteiger charge is -2.24. The molecule has 0 unspecified atom stereocenters. The van der Waals surface area contributed by atoms with E-state index in [2.05, 4.69) is 47.3 Å². The topological polar surface area (TPSA) is 42.7 Å². The Kier molecular flexibility index (Phi) is 3.82. The van der Waals surface area contributed by atoms with Crippen LogP contribution in [0.5, 0.6) is 0 Å². The molecule has 0 amide bonds. The molecule has 3 heterocycles. The standard InChI is InChI=1S/C15H9Br2FN4S/c16-8-1-2-10(18)9(5-8)12-6-11(13-3-4-14(17)23-13)21-15-19-7-20-22(12)15/h1-7,12H,(H,19,20,21)/t12-/m1/s1. The van der Waals surface area contributed by atoms with Crippen LogP contribution in [-0.2, 0) is 0 Å². The molecule has 1 aliphatic heterocycles. The number of allylic oxidation sites excluding steroid dienone is 1. The van der Waals surface area contributed by atoms with Crippen LogP contribution in [0.3, 0.4) is 0 Å². The summed E-state index contributed by atoms with van der Waals surface area (Å²) in [6.45, 7) is 0. The Morgan fingerprint density at radius 3 is 2.87 bits per heavy atom. The molecule has 0 spiro atoms. The molecule has 0 saturated heterocycles. The molecule has 0 radical (unpaired) electrons. The van der Waals surface area contributed by atoms with Crippen molar-refractivity contribution in [3.05, 3.63) is 67.3 Å². The van der Waals surface area contributed by atoms with Gasteiger partial charge in [0.1, 0.15) is 18.2 Å². The Morgan fingerprint density at radius 1 is 1.22 bits per heavy atom. The average Bonchev–Trinajstić information content (AvgIpc) is 3.17. The van der Waals surface area contributed by atoms with Crippen molar-refractivity contribution >= 4 is 54.8 Å². The number of nitrogens with one attached hydrogen (secondary N) is 1. The lowest BCUT2D eigenvalue weighted by molar-refractivity contribution is 0.551. The van der Waals surface area contributed by atoms with Gasteiger partial charge >= 0.3 is 0 Å². The number of nitrogens with zero attached hydrogens (tertiary/aromatic N) is 3. The smallest absolute Gasteiger partial charge is 0.226 e. The zero-order valence-corrected chi connectivity index (χ0v) is 15.5. The van der Waals surface area contributed by atoms with Gasteiger partial charge in [0.05, 0.1) is 14.4 Å². The Labute approximate surface area is 152 Å². The van der Waals surface area contributed by atoms with Gasteiger partial charge in [0, 0.05) is 10.0 Å². The van der Waals surface area contributed by atoms with Crippen molar-refractivity contribution in [3.63, 3.8) is 0 Å². The fraction of sp³-hybridized carbons (Fsp3) is 0.0667. The zero-order chi connectivity index (χ0) is 16.0. The average molecular weight is 456 g/mol. The van der Waals surface area contributed by atoms with E-state index < -0.39 is 0 Å². The van der Waals surface area contributed by atoms with Gasteiger partial charge in [-0.25, -0.2) is 9.07 Å². The van der Waals surface area contributed by atoms with Gasteiger partial charge in [0.25, 0.3) is 0 Å². The molecule has 0 saturated carbocycles. The Bertz CT molecular complexity index is 918. The van der Waals surface area contributed by atoms with Crippen LogP contribution in [0.2, 0.25) is 0 Å². The van der Waals surface area contributed by atoms with E-state index in [1.807, 2.05) is 18.2 Å². The maximum atomic E-state index is 14.4. The fourth-order valence-electron chi connectivity index (χ4n) is 2.50. The molecule has 0 fully saturated rings. The first kappa shape index (κ1) is 15.0. The minimum Gasteiger partial charge on any atom is -0.323 e. The van der Waals surface area contributed by atoms with Crippen molar-refractivity contribution in [2.45, 2.75) is 6.04 Å². The van der Waals surface area contributed by atoms with Crippen LogP contribution in [-0.4, -0.2) is 14.8 Å². The number of hydrogen-bond donors (Lipinski definition) is 1. The number of benzene rings is 1. The van der Waals surface area contributed by atoms with Crippen molar-refractivity contribution in [2.75, 3.05) is 5.32 Å². The highest BCUT2D eigenvalue weighted by molar-refractivity contribution is 9.11. The highest BCUT2D eigenvalue weighted by Gasteiger charge is 2.26. The molecule has 2 aromatic heterocycles. The van der Waals surface area contributed by atoms with E-state index in [1.165, 1.54) is 12.4 Å². The lowest BCUT2D eigenvalue weighted by atomic mass is 10.0. The molecule has 116 valence electrons. The normalized spacial score (nSPS) is 16.7. The molecule has 4 rings (SSSR count). The van der Waals surface area contributed by atoms with Crippen molar-refractivity contribution in [1.82, 2.24) is 14.8 Å². The summed E-state index contributed by atoms with van der Waals surface area (Å²) in [5, 5.41) is 7.48. The number of fused-ring (bicyclic) bond motifs is 1.